The molecule has 2 unspecified atom stereocenters. The van der Waals surface area contributed by atoms with Gasteiger partial charge in [0.05, 0.1) is 16.8 Å². The van der Waals surface area contributed by atoms with Crippen LogP contribution in [0, 0.1) is 5.92 Å². The molecule has 1 aliphatic rings. The molecule has 1 fully saturated rings. The molecule has 1 saturated heterocycles. The van der Waals surface area contributed by atoms with E-state index < -0.39 is 5.60 Å². The van der Waals surface area contributed by atoms with Crippen LogP contribution in [0.4, 0.5) is 0 Å². The maximum atomic E-state index is 10.7. The van der Waals surface area contributed by atoms with E-state index in [1.54, 1.807) is 0 Å². The van der Waals surface area contributed by atoms with Crippen molar-refractivity contribution in [3.8, 4) is 0 Å². The van der Waals surface area contributed by atoms with Crippen LogP contribution in [0.25, 0.3) is 0 Å². The van der Waals surface area contributed by atoms with Gasteiger partial charge in [-0.3, -0.25) is 0 Å². The van der Waals surface area contributed by atoms with Crippen LogP contribution in [0.3, 0.4) is 0 Å². The molecule has 1 heterocycles. The Balaban J connectivity index is 2.21. The fraction of sp³-hybridized carbons (Fsp3) is 0.667. The molecule has 22 heavy (non-hydrogen) atoms. The minimum atomic E-state index is -0.816. The molecule has 1 aromatic carbocycles. The molecule has 0 saturated carbocycles. The highest BCUT2D eigenvalue weighted by Crippen LogP contribution is 2.37. The van der Waals surface area contributed by atoms with Crippen LogP contribution in [0.5, 0.6) is 0 Å². The van der Waals surface area contributed by atoms with Gasteiger partial charge in [0.2, 0.25) is 0 Å². The Bertz CT molecular complexity index is 504. The highest BCUT2D eigenvalue weighted by atomic mass is 16.7. The van der Waals surface area contributed by atoms with Gasteiger partial charge in [0.15, 0.2) is 0 Å². The molecule has 1 aliphatic heterocycles. The van der Waals surface area contributed by atoms with E-state index in [-0.39, 0.29) is 24.2 Å². The largest absolute Gasteiger partial charge is 0.494 e. The lowest BCUT2D eigenvalue weighted by Crippen LogP contribution is -2.41. The van der Waals surface area contributed by atoms with Crippen molar-refractivity contribution in [3.63, 3.8) is 0 Å². The number of benzene rings is 1. The summed E-state index contributed by atoms with van der Waals surface area (Å²) in [5.74, 6) is 0.204. The van der Waals surface area contributed by atoms with Crippen molar-refractivity contribution >= 4 is 12.6 Å². The standard InChI is InChI=1S/C18H29BO3/c1-8-13(2)18(7,20)14-9-11-15(12-10-14)19-21-16(3,4)17(5,6)22-19/h9-13,20H,8H2,1-7H3. The Morgan fingerprint density at radius 1 is 1.09 bits per heavy atom. The van der Waals surface area contributed by atoms with E-state index in [0.29, 0.717) is 0 Å². The van der Waals surface area contributed by atoms with Crippen molar-refractivity contribution in [1.29, 1.82) is 0 Å². The predicted octanol–water partition coefficient (Wildman–Crippen LogP) is 3.24. The molecule has 1 aromatic rings. The smallest absolute Gasteiger partial charge is 0.399 e. The van der Waals surface area contributed by atoms with E-state index in [1.807, 2.05) is 31.2 Å². The molecule has 122 valence electrons. The van der Waals surface area contributed by atoms with Gasteiger partial charge in [-0.25, -0.2) is 0 Å². The van der Waals surface area contributed by atoms with Gasteiger partial charge in [0, 0.05) is 0 Å². The molecule has 0 bridgehead atoms. The fourth-order valence-corrected chi connectivity index (χ4v) is 2.64. The molecular formula is C18H29BO3. The lowest BCUT2D eigenvalue weighted by molar-refractivity contribution is 0.0000308. The topological polar surface area (TPSA) is 38.7 Å². The van der Waals surface area contributed by atoms with Crippen LogP contribution >= 0.6 is 0 Å². The molecule has 4 heteroatoms. The third-order valence-corrected chi connectivity index (χ3v) is 5.59. The third-order valence-electron chi connectivity index (χ3n) is 5.59. The summed E-state index contributed by atoms with van der Waals surface area (Å²) in [5, 5.41) is 10.7. The maximum absolute atomic E-state index is 10.7. The number of hydrogen-bond acceptors (Lipinski definition) is 3. The van der Waals surface area contributed by atoms with Gasteiger partial charge in [0.1, 0.15) is 0 Å². The quantitative estimate of drug-likeness (QED) is 0.868. The molecule has 1 N–H and O–H groups in total. The Morgan fingerprint density at radius 2 is 1.55 bits per heavy atom. The van der Waals surface area contributed by atoms with Gasteiger partial charge in [-0.1, -0.05) is 44.5 Å². The monoisotopic (exact) mass is 304 g/mol. The van der Waals surface area contributed by atoms with Gasteiger partial charge in [-0.05, 0) is 51.6 Å². The van der Waals surface area contributed by atoms with E-state index in [4.69, 9.17) is 9.31 Å². The Kier molecular flexibility index (Phi) is 4.51. The lowest BCUT2D eigenvalue weighted by Gasteiger charge is -2.32. The second-order valence-electron chi connectivity index (χ2n) is 7.67. The summed E-state index contributed by atoms with van der Waals surface area (Å²) in [5.41, 5.74) is 0.435. The third kappa shape index (κ3) is 2.97. The molecule has 0 spiro atoms. The van der Waals surface area contributed by atoms with Gasteiger partial charge in [-0.15, -0.1) is 0 Å². The van der Waals surface area contributed by atoms with Crippen LogP contribution in [0.2, 0.25) is 0 Å². The average molecular weight is 304 g/mol. The summed E-state index contributed by atoms with van der Waals surface area (Å²) < 4.78 is 12.1. The van der Waals surface area contributed by atoms with Gasteiger partial charge in [0.25, 0.3) is 0 Å². The van der Waals surface area contributed by atoms with Crippen LogP contribution in [-0.2, 0) is 14.9 Å². The summed E-state index contributed by atoms with van der Waals surface area (Å²) in [4.78, 5) is 0. The van der Waals surface area contributed by atoms with E-state index in [0.717, 1.165) is 17.4 Å². The van der Waals surface area contributed by atoms with E-state index in [9.17, 15) is 5.11 Å². The molecule has 0 aromatic heterocycles. The lowest BCUT2D eigenvalue weighted by atomic mass is 9.76. The van der Waals surface area contributed by atoms with Crippen molar-refractivity contribution in [2.24, 2.45) is 5.92 Å². The van der Waals surface area contributed by atoms with Crippen molar-refractivity contribution in [2.45, 2.75) is 71.7 Å². The fourth-order valence-electron chi connectivity index (χ4n) is 2.64. The van der Waals surface area contributed by atoms with Gasteiger partial charge in [-0.2, -0.15) is 0 Å². The maximum Gasteiger partial charge on any atom is 0.494 e. The molecule has 0 amide bonds. The summed E-state index contributed by atoms with van der Waals surface area (Å²) in [7, 11) is -0.354. The Morgan fingerprint density at radius 3 is 1.95 bits per heavy atom. The molecule has 0 aliphatic carbocycles. The van der Waals surface area contributed by atoms with Crippen molar-refractivity contribution in [1.82, 2.24) is 0 Å². The normalized spacial score (nSPS) is 24.1. The van der Waals surface area contributed by atoms with E-state index in [2.05, 4.69) is 41.5 Å². The van der Waals surface area contributed by atoms with Crippen LogP contribution in [0.1, 0.15) is 60.5 Å². The van der Waals surface area contributed by atoms with Crippen LogP contribution in [0.15, 0.2) is 24.3 Å². The first-order valence-corrected chi connectivity index (χ1v) is 8.19. The van der Waals surface area contributed by atoms with E-state index in [1.165, 1.54) is 0 Å². The first-order valence-electron chi connectivity index (χ1n) is 8.19. The molecule has 2 rings (SSSR count). The second-order valence-corrected chi connectivity index (χ2v) is 7.67. The number of hydrogen-bond donors (Lipinski definition) is 1. The summed E-state index contributed by atoms with van der Waals surface area (Å²) in [6.07, 6.45) is 0.936. The summed E-state index contributed by atoms with van der Waals surface area (Å²) >= 11 is 0. The minimum Gasteiger partial charge on any atom is -0.399 e. The minimum absolute atomic E-state index is 0.204. The first-order chi connectivity index (χ1) is 10.0. The van der Waals surface area contributed by atoms with Crippen molar-refractivity contribution < 1.29 is 14.4 Å². The van der Waals surface area contributed by atoms with Crippen molar-refractivity contribution in [3.05, 3.63) is 29.8 Å². The predicted molar refractivity (Wildman–Crippen MR) is 91.2 cm³/mol. The van der Waals surface area contributed by atoms with Crippen LogP contribution < -0.4 is 5.46 Å². The van der Waals surface area contributed by atoms with Crippen LogP contribution in [-0.4, -0.2) is 23.4 Å². The average Bonchev–Trinajstić information content (AvgIpc) is 2.66. The van der Waals surface area contributed by atoms with E-state index >= 15 is 0 Å². The highest BCUT2D eigenvalue weighted by molar-refractivity contribution is 6.62. The highest BCUT2D eigenvalue weighted by Gasteiger charge is 2.51. The summed E-state index contributed by atoms with van der Waals surface area (Å²) in [6, 6.07) is 7.95. The zero-order valence-electron chi connectivity index (χ0n) is 14.9. The zero-order chi connectivity index (χ0) is 16.8. The zero-order valence-corrected chi connectivity index (χ0v) is 14.9. The number of rotatable bonds is 4. The Labute approximate surface area is 135 Å². The molecule has 3 nitrogen and oxygen atoms in total. The summed E-state index contributed by atoms with van der Waals surface area (Å²) in [6.45, 7) is 14.2. The second kappa shape index (κ2) is 5.66. The molecule has 2 atom stereocenters. The molecular weight excluding hydrogens is 275 g/mol. The van der Waals surface area contributed by atoms with Crippen molar-refractivity contribution in [2.75, 3.05) is 0 Å². The SMILES string of the molecule is CCC(C)C(C)(O)c1ccc(B2OC(C)(C)C(C)(C)O2)cc1. The number of aliphatic hydroxyl groups is 1. The molecule has 0 radical (unpaired) electrons. The first kappa shape index (κ1) is 17.5. The van der Waals surface area contributed by atoms with Gasteiger partial charge < -0.3 is 14.4 Å². The Hall–Kier alpha value is -0.835. The van der Waals surface area contributed by atoms with Gasteiger partial charge >= 0.3 is 7.12 Å².